The van der Waals surface area contributed by atoms with Gasteiger partial charge in [-0.3, -0.25) is 9.59 Å². The van der Waals surface area contributed by atoms with E-state index in [2.05, 4.69) is 5.10 Å². The zero-order valence-electron chi connectivity index (χ0n) is 19.6. The summed E-state index contributed by atoms with van der Waals surface area (Å²) in [4.78, 5) is 40.6. The van der Waals surface area contributed by atoms with Crippen molar-refractivity contribution in [2.45, 2.75) is 26.3 Å². The van der Waals surface area contributed by atoms with E-state index >= 15 is 0 Å². The van der Waals surface area contributed by atoms with Crippen LogP contribution in [0.2, 0.25) is 0 Å². The van der Waals surface area contributed by atoms with Crippen LogP contribution >= 0.6 is 0 Å². The Morgan fingerprint density at radius 2 is 1.74 bits per heavy atom. The van der Waals surface area contributed by atoms with E-state index in [1.165, 1.54) is 4.90 Å². The summed E-state index contributed by atoms with van der Waals surface area (Å²) in [6.45, 7) is 3.66. The third-order valence-corrected chi connectivity index (χ3v) is 7.61. The van der Waals surface area contributed by atoms with Crippen LogP contribution in [0, 0.1) is 5.92 Å². The van der Waals surface area contributed by atoms with E-state index in [0.29, 0.717) is 29.4 Å². The molecule has 9 nitrogen and oxygen atoms in total. The van der Waals surface area contributed by atoms with Crippen LogP contribution < -0.4 is 5.56 Å². The molecule has 0 bridgehead atoms. The summed E-state index contributed by atoms with van der Waals surface area (Å²) >= 11 is 0. The summed E-state index contributed by atoms with van der Waals surface area (Å²) in [5.41, 5.74) is 0.0135. The summed E-state index contributed by atoms with van der Waals surface area (Å²) < 4.78 is 30.4. The first-order valence-electron chi connectivity index (χ1n) is 11.4. The Labute approximate surface area is 203 Å². The number of nitrogens with zero attached hydrogens (tertiary/aromatic N) is 3. The fraction of sp³-hybridized carbons (Fsp3) is 0.360. The third-order valence-electron chi connectivity index (χ3n) is 5.86. The molecule has 35 heavy (non-hydrogen) atoms. The lowest BCUT2D eigenvalue weighted by Crippen LogP contribution is -2.45. The van der Waals surface area contributed by atoms with E-state index in [1.54, 1.807) is 54.6 Å². The second kappa shape index (κ2) is 9.99. The number of carbonyl (C=O) groups is 2. The van der Waals surface area contributed by atoms with Crippen molar-refractivity contribution in [1.82, 2.24) is 14.7 Å². The highest BCUT2D eigenvalue weighted by Gasteiger charge is 2.35. The maximum atomic E-state index is 13.1. The summed E-state index contributed by atoms with van der Waals surface area (Å²) in [6, 6.07) is 14.8. The first-order valence-corrected chi connectivity index (χ1v) is 13.2. The number of benzene rings is 2. The van der Waals surface area contributed by atoms with Gasteiger partial charge in [-0.2, -0.15) is 9.78 Å². The van der Waals surface area contributed by atoms with Crippen LogP contribution in [0.5, 0.6) is 0 Å². The number of hydrogen-bond acceptors (Lipinski definition) is 7. The van der Waals surface area contributed by atoms with Gasteiger partial charge in [-0.15, -0.1) is 0 Å². The quantitative estimate of drug-likeness (QED) is 0.460. The van der Waals surface area contributed by atoms with Gasteiger partial charge >= 0.3 is 5.97 Å². The Bertz CT molecular complexity index is 1420. The van der Waals surface area contributed by atoms with E-state index in [4.69, 9.17) is 4.74 Å². The van der Waals surface area contributed by atoms with Gasteiger partial charge in [-0.25, -0.2) is 13.2 Å². The van der Waals surface area contributed by atoms with Gasteiger partial charge in [0, 0.05) is 18.0 Å². The lowest BCUT2D eigenvalue weighted by molar-refractivity contribution is -0.137. The fourth-order valence-corrected chi connectivity index (χ4v) is 5.96. The van der Waals surface area contributed by atoms with Gasteiger partial charge in [0.2, 0.25) is 0 Å². The minimum absolute atomic E-state index is 0.0380. The summed E-state index contributed by atoms with van der Waals surface area (Å²) in [5.74, 6) is -1.25. The van der Waals surface area contributed by atoms with Crippen LogP contribution in [0.1, 0.15) is 30.8 Å². The van der Waals surface area contributed by atoms with E-state index in [-0.39, 0.29) is 28.7 Å². The Hall–Kier alpha value is -3.53. The lowest BCUT2D eigenvalue weighted by Gasteiger charge is -2.29. The maximum Gasteiger partial charge on any atom is 0.359 e. The number of hydrogen-bond donors (Lipinski definition) is 0. The Kier molecular flexibility index (Phi) is 7.02. The van der Waals surface area contributed by atoms with Gasteiger partial charge in [-0.1, -0.05) is 50.2 Å². The van der Waals surface area contributed by atoms with Crippen LogP contribution in [-0.2, 0) is 19.4 Å². The molecule has 1 amide bonds. The van der Waals surface area contributed by atoms with Crippen molar-refractivity contribution in [1.29, 1.82) is 0 Å². The van der Waals surface area contributed by atoms with E-state index < -0.39 is 34.4 Å². The second-order valence-corrected chi connectivity index (χ2v) is 11.2. The number of carbonyl (C=O) groups excluding carboxylic acids is 2. The molecular weight excluding hydrogens is 470 g/mol. The molecule has 1 fully saturated rings. The van der Waals surface area contributed by atoms with Crippen molar-refractivity contribution in [2.75, 3.05) is 24.7 Å². The fourth-order valence-electron chi connectivity index (χ4n) is 4.23. The average Bonchev–Trinajstić information content (AvgIpc) is 3.21. The molecule has 0 N–H and O–H groups in total. The Morgan fingerprint density at radius 3 is 2.37 bits per heavy atom. The van der Waals surface area contributed by atoms with Crippen molar-refractivity contribution < 1.29 is 22.7 Å². The van der Waals surface area contributed by atoms with E-state index in [9.17, 15) is 22.8 Å². The molecule has 0 saturated carbocycles. The smallest absolute Gasteiger partial charge is 0.359 e. The van der Waals surface area contributed by atoms with Crippen LogP contribution in [0.25, 0.3) is 16.5 Å². The number of amides is 1. The highest BCUT2D eigenvalue weighted by atomic mass is 32.2. The number of sulfone groups is 1. The molecule has 2 aromatic carbocycles. The van der Waals surface area contributed by atoms with Gasteiger partial charge in [0.25, 0.3) is 11.5 Å². The number of fused-ring (bicyclic) bond motifs is 1. The van der Waals surface area contributed by atoms with Gasteiger partial charge < -0.3 is 9.64 Å². The van der Waals surface area contributed by atoms with Crippen LogP contribution in [0.3, 0.4) is 0 Å². The maximum absolute atomic E-state index is 13.1. The SMILES string of the molecule is CC(C)CN(C(=O)COC(=O)c1nn(-c2ccccc2)c(=O)c2ccccc12)[C@@H]1CCS(=O)(=O)C1. The number of esters is 1. The summed E-state index contributed by atoms with van der Waals surface area (Å²) in [5, 5.41) is 4.88. The number of ether oxygens (including phenoxy) is 1. The minimum Gasteiger partial charge on any atom is -0.451 e. The monoisotopic (exact) mass is 497 g/mol. The predicted molar refractivity (Wildman–Crippen MR) is 131 cm³/mol. The van der Waals surface area contributed by atoms with Crippen LogP contribution in [0.4, 0.5) is 0 Å². The zero-order chi connectivity index (χ0) is 25.2. The first kappa shape index (κ1) is 24.6. The molecular formula is C25H27N3O6S. The molecule has 1 aromatic heterocycles. The number of rotatable bonds is 7. The molecule has 0 unspecified atom stereocenters. The molecule has 0 aliphatic carbocycles. The topological polar surface area (TPSA) is 116 Å². The van der Waals surface area contributed by atoms with Crippen molar-refractivity contribution in [3.63, 3.8) is 0 Å². The first-order chi connectivity index (χ1) is 16.7. The molecule has 0 radical (unpaired) electrons. The molecule has 2 heterocycles. The minimum atomic E-state index is -3.19. The van der Waals surface area contributed by atoms with E-state index in [0.717, 1.165) is 4.68 Å². The molecule has 3 aromatic rings. The van der Waals surface area contributed by atoms with Crippen molar-refractivity contribution in [2.24, 2.45) is 5.92 Å². The summed E-state index contributed by atoms with van der Waals surface area (Å²) in [6.07, 6.45) is 0.364. The van der Waals surface area contributed by atoms with Gasteiger partial charge in [0.1, 0.15) is 0 Å². The van der Waals surface area contributed by atoms with Gasteiger partial charge in [-0.05, 0) is 30.5 Å². The van der Waals surface area contributed by atoms with Gasteiger partial charge in [0.05, 0.1) is 22.6 Å². The second-order valence-electron chi connectivity index (χ2n) is 9.02. The van der Waals surface area contributed by atoms with Crippen LogP contribution in [-0.4, -0.2) is 65.7 Å². The highest BCUT2D eigenvalue weighted by Crippen LogP contribution is 2.20. The number of para-hydroxylation sites is 1. The molecule has 1 aliphatic rings. The number of aromatic nitrogens is 2. The Morgan fingerprint density at radius 1 is 1.09 bits per heavy atom. The standard InChI is InChI=1S/C25H27N3O6S/c1-17(2)14-27(19-12-13-35(32,33)16-19)22(29)15-34-25(31)23-20-10-6-7-11-21(20)24(30)28(26-23)18-8-4-3-5-9-18/h3-11,17,19H,12-16H2,1-2H3/t19-/m1/s1. The van der Waals surface area contributed by atoms with Crippen LogP contribution in [0.15, 0.2) is 59.4 Å². The van der Waals surface area contributed by atoms with E-state index in [1.807, 2.05) is 13.8 Å². The third kappa shape index (κ3) is 5.43. The molecule has 184 valence electrons. The summed E-state index contributed by atoms with van der Waals surface area (Å²) in [7, 11) is -3.19. The molecule has 0 spiro atoms. The highest BCUT2D eigenvalue weighted by molar-refractivity contribution is 7.91. The predicted octanol–water partition coefficient (Wildman–Crippen LogP) is 2.21. The van der Waals surface area contributed by atoms with Crippen molar-refractivity contribution in [3.8, 4) is 5.69 Å². The molecule has 1 aliphatic heterocycles. The van der Waals surface area contributed by atoms with Gasteiger partial charge in [0.15, 0.2) is 22.1 Å². The van der Waals surface area contributed by atoms with Crippen molar-refractivity contribution >= 4 is 32.5 Å². The lowest BCUT2D eigenvalue weighted by atomic mass is 10.1. The van der Waals surface area contributed by atoms with Crippen molar-refractivity contribution in [3.05, 3.63) is 70.6 Å². The molecule has 10 heteroatoms. The molecule has 1 saturated heterocycles. The average molecular weight is 498 g/mol. The largest absolute Gasteiger partial charge is 0.451 e. The molecule has 4 rings (SSSR count). The Balaban J connectivity index is 1.60. The molecule has 1 atom stereocenters. The zero-order valence-corrected chi connectivity index (χ0v) is 20.4. The normalized spacial score (nSPS) is 16.9.